The van der Waals surface area contributed by atoms with E-state index in [-0.39, 0.29) is 0 Å². The highest BCUT2D eigenvalue weighted by atomic mass is 16.5. The lowest BCUT2D eigenvalue weighted by atomic mass is 9.34. The molecule has 5 fully saturated rings. The monoisotopic (exact) mass is 495 g/mol. The van der Waals surface area contributed by atoms with Crippen molar-refractivity contribution < 1.29 is 4.74 Å². The van der Waals surface area contributed by atoms with Crippen LogP contribution in [-0.4, -0.2) is 37.7 Å². The van der Waals surface area contributed by atoms with Crippen molar-refractivity contribution in [3.63, 3.8) is 0 Å². The average Bonchev–Trinajstić information content (AvgIpc) is 3.18. The zero-order valence-corrected chi connectivity index (χ0v) is 24.8. The Morgan fingerprint density at radius 3 is 2.22 bits per heavy atom. The zero-order valence-electron chi connectivity index (χ0n) is 24.8. The van der Waals surface area contributed by atoms with E-state index in [1.54, 1.807) is 0 Å². The summed E-state index contributed by atoms with van der Waals surface area (Å²) in [7, 11) is 0. The summed E-state index contributed by atoms with van der Waals surface area (Å²) >= 11 is 0. The molecule has 0 N–H and O–H groups in total. The fourth-order valence-electron chi connectivity index (χ4n) is 11.5. The maximum Gasteiger partial charge on any atom is 0.0594 e. The molecule has 5 rings (SSSR count). The molecule has 1 saturated heterocycles. The lowest BCUT2D eigenvalue weighted by Gasteiger charge is -2.71. The first-order valence-electron chi connectivity index (χ1n) is 15.6. The van der Waals surface area contributed by atoms with E-state index >= 15 is 0 Å². The van der Waals surface area contributed by atoms with Crippen LogP contribution in [0.15, 0.2) is 24.3 Å². The van der Waals surface area contributed by atoms with Crippen LogP contribution in [0.2, 0.25) is 0 Å². The summed E-state index contributed by atoms with van der Waals surface area (Å²) in [5.41, 5.74) is 4.76. The molecular weight excluding hydrogens is 438 g/mol. The Labute approximate surface area is 223 Å². The van der Waals surface area contributed by atoms with Crippen LogP contribution >= 0.6 is 0 Å². The van der Waals surface area contributed by atoms with E-state index in [9.17, 15) is 0 Å². The van der Waals surface area contributed by atoms with Gasteiger partial charge in [-0.15, -0.1) is 0 Å². The Hall–Kier alpha value is -0.600. The number of allylic oxidation sites excluding steroid dienone is 2. The normalized spacial score (nSPS) is 49.1. The lowest BCUT2D eigenvalue weighted by Crippen LogP contribution is -2.63. The number of ether oxygens (including phenoxy) is 1. The quantitative estimate of drug-likeness (QED) is 0.342. The molecule has 1 aliphatic heterocycles. The van der Waals surface area contributed by atoms with Crippen LogP contribution in [0, 0.1) is 51.2 Å². The molecule has 5 aliphatic rings. The summed E-state index contributed by atoms with van der Waals surface area (Å²) in [6.07, 6.45) is 14.0. The molecular formula is C34H57NO. The van der Waals surface area contributed by atoms with Crippen molar-refractivity contribution >= 4 is 0 Å². The highest BCUT2D eigenvalue weighted by molar-refractivity contribution is 5.21. The van der Waals surface area contributed by atoms with E-state index in [1.807, 2.05) is 0 Å². The molecule has 0 spiro atoms. The Morgan fingerprint density at radius 1 is 0.833 bits per heavy atom. The number of morpholine rings is 1. The van der Waals surface area contributed by atoms with Gasteiger partial charge in [0.15, 0.2) is 0 Å². The fraction of sp³-hybridized carbons (Fsp3) is 0.882. The second-order valence-electron chi connectivity index (χ2n) is 15.2. The van der Waals surface area contributed by atoms with Crippen LogP contribution in [0.5, 0.6) is 0 Å². The van der Waals surface area contributed by atoms with E-state index in [1.165, 1.54) is 81.9 Å². The van der Waals surface area contributed by atoms with E-state index < -0.39 is 0 Å². The molecule has 0 unspecified atom stereocenters. The smallest absolute Gasteiger partial charge is 0.0594 e. The molecule has 0 aromatic heterocycles. The first kappa shape index (κ1) is 27.0. The molecule has 1 heterocycles. The van der Waals surface area contributed by atoms with Gasteiger partial charge < -0.3 is 4.74 Å². The molecule has 0 aromatic carbocycles. The third-order valence-electron chi connectivity index (χ3n) is 13.6. The molecule has 2 heteroatoms. The maximum atomic E-state index is 5.61. The van der Waals surface area contributed by atoms with Gasteiger partial charge in [0.2, 0.25) is 0 Å². The van der Waals surface area contributed by atoms with Gasteiger partial charge in [-0.1, -0.05) is 52.0 Å². The predicted octanol–water partition coefficient (Wildman–Crippen LogP) is 8.53. The number of fused-ring (bicyclic) bond motifs is 5. The topological polar surface area (TPSA) is 12.5 Å². The Bertz CT molecular complexity index is 857. The molecule has 4 saturated carbocycles. The SMILES string of the molecule is C=C(C)[C@@H]1CC[C@]2(C)CC[C@]3(C)[C@H](CC[C@@H]4[C@@](C)(CCCN5CCOCC5)[C@H](C(=C)C)CC[C@]43C)[C@@H]12. The van der Waals surface area contributed by atoms with Crippen molar-refractivity contribution in [1.82, 2.24) is 4.90 Å². The number of nitrogens with zero attached hydrogens (tertiary/aromatic N) is 1. The number of rotatable bonds is 6. The second-order valence-corrected chi connectivity index (χ2v) is 15.2. The predicted molar refractivity (Wildman–Crippen MR) is 153 cm³/mol. The second kappa shape index (κ2) is 9.55. The van der Waals surface area contributed by atoms with Gasteiger partial charge in [0, 0.05) is 13.1 Å². The van der Waals surface area contributed by atoms with Crippen molar-refractivity contribution in [2.75, 3.05) is 32.8 Å². The van der Waals surface area contributed by atoms with Crippen LogP contribution < -0.4 is 0 Å². The van der Waals surface area contributed by atoms with Crippen LogP contribution in [0.4, 0.5) is 0 Å². The first-order chi connectivity index (χ1) is 17.0. The summed E-state index contributed by atoms with van der Waals surface area (Å²) < 4.78 is 5.61. The van der Waals surface area contributed by atoms with Crippen LogP contribution in [0.25, 0.3) is 0 Å². The minimum Gasteiger partial charge on any atom is -0.379 e. The van der Waals surface area contributed by atoms with Crippen molar-refractivity contribution in [1.29, 1.82) is 0 Å². The fourth-order valence-corrected chi connectivity index (χ4v) is 11.5. The van der Waals surface area contributed by atoms with Gasteiger partial charge in [0.25, 0.3) is 0 Å². The van der Waals surface area contributed by atoms with E-state index in [0.29, 0.717) is 27.6 Å². The molecule has 4 aliphatic carbocycles. The molecule has 36 heavy (non-hydrogen) atoms. The number of hydrogen-bond acceptors (Lipinski definition) is 2. The molecule has 0 amide bonds. The summed E-state index contributed by atoms with van der Waals surface area (Å²) in [5, 5.41) is 0. The van der Waals surface area contributed by atoms with Crippen LogP contribution in [0.1, 0.15) is 106 Å². The molecule has 0 radical (unpaired) electrons. The van der Waals surface area contributed by atoms with Crippen molar-refractivity contribution in [2.45, 2.75) is 106 Å². The summed E-state index contributed by atoms with van der Waals surface area (Å²) in [4.78, 5) is 2.64. The van der Waals surface area contributed by atoms with Gasteiger partial charge in [-0.05, 0) is 136 Å². The Balaban J connectivity index is 1.43. The highest BCUT2D eigenvalue weighted by Gasteiger charge is 2.68. The molecule has 204 valence electrons. The van der Waals surface area contributed by atoms with E-state index in [4.69, 9.17) is 4.74 Å². The third kappa shape index (κ3) is 4.02. The first-order valence-corrected chi connectivity index (χ1v) is 15.6. The van der Waals surface area contributed by atoms with Crippen LogP contribution in [-0.2, 0) is 4.74 Å². The molecule has 0 bridgehead atoms. The van der Waals surface area contributed by atoms with Gasteiger partial charge in [0.05, 0.1) is 13.2 Å². The van der Waals surface area contributed by atoms with Crippen molar-refractivity contribution in [2.24, 2.45) is 51.2 Å². The van der Waals surface area contributed by atoms with Gasteiger partial charge in [-0.25, -0.2) is 0 Å². The Morgan fingerprint density at radius 2 is 1.56 bits per heavy atom. The highest BCUT2D eigenvalue weighted by Crippen LogP contribution is 2.76. The minimum absolute atomic E-state index is 0.378. The molecule has 0 aromatic rings. The lowest BCUT2D eigenvalue weighted by molar-refractivity contribution is -0.213. The van der Waals surface area contributed by atoms with Crippen molar-refractivity contribution in [3.05, 3.63) is 24.3 Å². The van der Waals surface area contributed by atoms with Crippen molar-refractivity contribution in [3.8, 4) is 0 Å². The molecule has 2 nitrogen and oxygen atoms in total. The van der Waals surface area contributed by atoms with E-state index in [0.717, 1.165) is 50.0 Å². The summed E-state index contributed by atoms with van der Waals surface area (Å²) in [6, 6.07) is 0. The van der Waals surface area contributed by atoms with Gasteiger partial charge in [0.1, 0.15) is 0 Å². The average molecular weight is 496 g/mol. The van der Waals surface area contributed by atoms with Gasteiger partial charge in [-0.2, -0.15) is 0 Å². The van der Waals surface area contributed by atoms with E-state index in [2.05, 4.69) is 59.6 Å². The Kier molecular flexibility index (Phi) is 7.16. The van der Waals surface area contributed by atoms with Gasteiger partial charge >= 0.3 is 0 Å². The summed E-state index contributed by atoms with van der Waals surface area (Å²) in [5.74, 6) is 3.99. The van der Waals surface area contributed by atoms with Gasteiger partial charge in [-0.3, -0.25) is 4.90 Å². The van der Waals surface area contributed by atoms with Crippen LogP contribution in [0.3, 0.4) is 0 Å². The standard InChI is InChI=1S/C34H57NO/c1-24(2)26-12-15-31(5)17-18-33(7)28(30(26)31)10-11-29-32(6,14-9-19-35-20-22-36-23-21-35)27(25(3)4)13-16-34(29,33)8/h26-30H,1,3,9-23H2,2,4-8H3/t26-,27-,28+,29+,30+,31+,32-,33+,34+/m0/s1. The third-order valence-corrected chi connectivity index (χ3v) is 13.6. The largest absolute Gasteiger partial charge is 0.379 e. The zero-order chi connectivity index (χ0) is 25.9. The summed E-state index contributed by atoms with van der Waals surface area (Å²) in [6.45, 7) is 30.0. The minimum atomic E-state index is 0.378. The maximum absolute atomic E-state index is 5.61. The number of hydrogen-bond donors (Lipinski definition) is 0. The molecule has 9 atom stereocenters.